The summed E-state index contributed by atoms with van der Waals surface area (Å²) in [7, 11) is -2.41. The minimum Gasteiger partial charge on any atom is -0.497 e. The maximum atomic E-state index is 12.6. The fourth-order valence-corrected chi connectivity index (χ4v) is 3.55. The first-order valence-corrected chi connectivity index (χ1v) is 7.81. The summed E-state index contributed by atoms with van der Waals surface area (Å²) in [4.78, 5) is 3.84. The molecule has 0 bridgehead atoms. The monoisotopic (exact) mass is 322 g/mol. The van der Waals surface area contributed by atoms with Crippen LogP contribution in [0.4, 0.5) is 0 Å². The van der Waals surface area contributed by atoms with E-state index < -0.39 is 15.1 Å². The van der Waals surface area contributed by atoms with Crippen LogP contribution in [0.2, 0.25) is 5.15 Å². The van der Waals surface area contributed by atoms with Crippen molar-refractivity contribution >= 4 is 21.4 Å². The molecule has 0 N–H and O–H groups in total. The molecule has 0 unspecified atom stereocenters. The number of hydrogen-bond donors (Lipinski definition) is 0. The topological polar surface area (TPSA) is 80.0 Å². The third-order valence-electron chi connectivity index (χ3n) is 2.89. The third-order valence-corrected chi connectivity index (χ3v) is 5.11. The number of nitrogens with zero attached hydrogens (tertiary/aromatic N) is 2. The smallest absolute Gasteiger partial charge is 0.198 e. The van der Waals surface area contributed by atoms with Crippen LogP contribution in [0.25, 0.3) is 0 Å². The molecule has 7 heteroatoms. The zero-order valence-electron chi connectivity index (χ0n) is 11.0. The van der Waals surface area contributed by atoms with Crippen molar-refractivity contribution in [2.75, 3.05) is 7.11 Å². The number of methoxy groups -OCH3 is 1. The molecule has 0 aliphatic rings. The van der Waals surface area contributed by atoms with Crippen molar-refractivity contribution < 1.29 is 13.2 Å². The number of aromatic nitrogens is 1. The molecule has 0 fully saturated rings. The van der Waals surface area contributed by atoms with Crippen LogP contribution in [0, 0.1) is 11.3 Å². The predicted octanol–water partition coefficient (Wildman–Crippen LogP) is 2.78. The minimum atomic E-state index is -3.89. The van der Waals surface area contributed by atoms with Gasteiger partial charge in [-0.2, -0.15) is 5.26 Å². The van der Waals surface area contributed by atoms with Gasteiger partial charge in [0.1, 0.15) is 10.9 Å². The summed E-state index contributed by atoms with van der Waals surface area (Å²) in [5.41, 5.74) is 0.164. The molecule has 0 radical (unpaired) electrons. The lowest BCUT2D eigenvalue weighted by Crippen LogP contribution is -2.13. The summed E-state index contributed by atoms with van der Waals surface area (Å²) in [5, 5.41) is 7.85. The van der Waals surface area contributed by atoms with Crippen LogP contribution in [-0.2, 0) is 9.84 Å². The first kappa shape index (κ1) is 15.3. The van der Waals surface area contributed by atoms with E-state index >= 15 is 0 Å². The number of halogens is 1. The number of sulfone groups is 1. The predicted molar refractivity (Wildman–Crippen MR) is 77.8 cm³/mol. The number of hydrogen-bond acceptors (Lipinski definition) is 5. The molecule has 1 aromatic carbocycles. The normalized spacial score (nSPS) is 12.4. The Hall–Kier alpha value is -2.10. The van der Waals surface area contributed by atoms with Crippen LogP contribution >= 0.6 is 11.6 Å². The standard InChI is InChI=1S/C14H11ClN2O3S/c1-20-10-4-6-11(7-5-10)21(18,19)13(9-16)12-3-2-8-17-14(12)15/h2-8,13H,1H3/t13-/m0/s1. The zero-order valence-corrected chi connectivity index (χ0v) is 12.6. The van der Waals surface area contributed by atoms with Crippen molar-refractivity contribution in [2.45, 2.75) is 10.1 Å². The van der Waals surface area contributed by atoms with E-state index in [9.17, 15) is 13.7 Å². The Bertz CT molecular complexity index is 783. The van der Waals surface area contributed by atoms with E-state index in [0.29, 0.717) is 5.75 Å². The van der Waals surface area contributed by atoms with Gasteiger partial charge in [-0.3, -0.25) is 0 Å². The molecule has 5 nitrogen and oxygen atoms in total. The van der Waals surface area contributed by atoms with Crippen molar-refractivity contribution in [3.8, 4) is 11.8 Å². The summed E-state index contributed by atoms with van der Waals surface area (Å²) in [6.07, 6.45) is 1.43. The number of pyridine rings is 1. The van der Waals surface area contributed by atoms with E-state index in [-0.39, 0.29) is 15.6 Å². The van der Waals surface area contributed by atoms with E-state index in [1.807, 2.05) is 0 Å². The Labute approximate surface area is 127 Å². The second-order valence-corrected chi connectivity index (χ2v) is 6.50. The molecular formula is C14H11ClN2O3S. The highest BCUT2D eigenvalue weighted by Gasteiger charge is 2.31. The van der Waals surface area contributed by atoms with Gasteiger partial charge in [-0.25, -0.2) is 13.4 Å². The zero-order chi connectivity index (χ0) is 15.5. The van der Waals surface area contributed by atoms with Crippen molar-refractivity contribution in [1.29, 1.82) is 5.26 Å². The molecule has 2 rings (SSSR count). The molecule has 21 heavy (non-hydrogen) atoms. The Morgan fingerprint density at radius 2 is 1.95 bits per heavy atom. The van der Waals surface area contributed by atoms with Gasteiger partial charge in [-0.15, -0.1) is 0 Å². The van der Waals surface area contributed by atoms with Gasteiger partial charge in [-0.1, -0.05) is 17.7 Å². The number of rotatable bonds is 4. The van der Waals surface area contributed by atoms with Gasteiger partial charge < -0.3 is 4.74 Å². The molecule has 108 valence electrons. The lowest BCUT2D eigenvalue weighted by molar-refractivity contribution is 0.414. The second-order valence-electron chi connectivity index (χ2n) is 4.11. The third kappa shape index (κ3) is 2.99. The molecule has 1 heterocycles. The molecule has 0 aliphatic carbocycles. The quantitative estimate of drug-likeness (QED) is 0.808. The lowest BCUT2D eigenvalue weighted by Gasteiger charge is -2.12. The van der Waals surface area contributed by atoms with Crippen molar-refractivity contribution in [3.05, 3.63) is 53.3 Å². The maximum absolute atomic E-state index is 12.6. The molecule has 0 spiro atoms. The largest absolute Gasteiger partial charge is 0.497 e. The van der Waals surface area contributed by atoms with Crippen molar-refractivity contribution in [2.24, 2.45) is 0 Å². The average molecular weight is 323 g/mol. The first-order valence-electron chi connectivity index (χ1n) is 5.88. The molecule has 0 saturated carbocycles. The molecule has 0 aliphatic heterocycles. The Morgan fingerprint density at radius 3 is 2.48 bits per heavy atom. The summed E-state index contributed by atoms with van der Waals surface area (Å²) in [5.74, 6) is 0.530. The van der Waals surface area contributed by atoms with E-state index in [4.69, 9.17) is 16.3 Å². The van der Waals surface area contributed by atoms with Gasteiger partial charge in [-0.05, 0) is 30.3 Å². The van der Waals surface area contributed by atoms with Crippen LogP contribution < -0.4 is 4.74 Å². The van der Waals surface area contributed by atoms with Gasteiger partial charge >= 0.3 is 0 Å². The summed E-state index contributed by atoms with van der Waals surface area (Å²) in [6, 6.07) is 10.6. The highest BCUT2D eigenvalue weighted by atomic mass is 35.5. The van der Waals surface area contributed by atoms with Crippen molar-refractivity contribution in [3.63, 3.8) is 0 Å². The molecule has 0 saturated heterocycles. The molecule has 2 aromatic rings. The maximum Gasteiger partial charge on any atom is 0.198 e. The van der Waals surface area contributed by atoms with E-state index in [0.717, 1.165) is 0 Å². The number of benzene rings is 1. The minimum absolute atomic E-state index is 0.00105. The fourth-order valence-electron chi connectivity index (χ4n) is 1.80. The van der Waals surface area contributed by atoms with Crippen LogP contribution in [-0.4, -0.2) is 20.5 Å². The van der Waals surface area contributed by atoms with Crippen LogP contribution in [0.1, 0.15) is 10.8 Å². The summed E-state index contributed by atoms with van der Waals surface area (Å²) >= 11 is 5.89. The second kappa shape index (κ2) is 6.12. The molecule has 1 atom stereocenters. The van der Waals surface area contributed by atoms with Gasteiger partial charge in [0.2, 0.25) is 0 Å². The van der Waals surface area contributed by atoms with Crippen LogP contribution in [0.15, 0.2) is 47.5 Å². The van der Waals surface area contributed by atoms with Gasteiger partial charge in [0.15, 0.2) is 15.1 Å². The number of ether oxygens (including phenoxy) is 1. The summed E-state index contributed by atoms with van der Waals surface area (Å²) < 4.78 is 30.1. The van der Waals surface area contributed by atoms with E-state index in [1.165, 1.54) is 49.7 Å². The summed E-state index contributed by atoms with van der Waals surface area (Å²) in [6.45, 7) is 0. The van der Waals surface area contributed by atoms with Gasteiger partial charge in [0.05, 0.1) is 18.1 Å². The molecule has 0 amide bonds. The van der Waals surface area contributed by atoms with Gasteiger partial charge in [0, 0.05) is 11.8 Å². The average Bonchev–Trinajstić information content (AvgIpc) is 2.50. The Morgan fingerprint density at radius 1 is 1.29 bits per heavy atom. The highest BCUT2D eigenvalue weighted by Crippen LogP contribution is 2.32. The highest BCUT2D eigenvalue weighted by molar-refractivity contribution is 7.92. The lowest BCUT2D eigenvalue weighted by atomic mass is 10.2. The van der Waals surface area contributed by atoms with E-state index in [1.54, 1.807) is 6.07 Å². The molecule has 1 aromatic heterocycles. The Kier molecular flexibility index (Phi) is 4.46. The van der Waals surface area contributed by atoms with E-state index in [2.05, 4.69) is 4.98 Å². The Balaban J connectivity index is 2.50. The number of nitriles is 1. The first-order chi connectivity index (χ1) is 10.0. The van der Waals surface area contributed by atoms with Crippen LogP contribution in [0.3, 0.4) is 0 Å². The molecular weight excluding hydrogens is 312 g/mol. The van der Waals surface area contributed by atoms with Crippen LogP contribution in [0.5, 0.6) is 5.75 Å². The fraction of sp³-hybridized carbons (Fsp3) is 0.143. The van der Waals surface area contributed by atoms with Crippen molar-refractivity contribution in [1.82, 2.24) is 4.98 Å². The SMILES string of the molecule is COc1ccc(S(=O)(=O)[C@@H](C#N)c2cccnc2Cl)cc1. The van der Waals surface area contributed by atoms with Gasteiger partial charge in [0.25, 0.3) is 0 Å².